The first-order chi connectivity index (χ1) is 10.2. The van der Waals surface area contributed by atoms with Crippen LogP contribution in [-0.4, -0.2) is 55.6 Å². The average molecular weight is 303 g/mol. The number of nitrogens with zero attached hydrogens (tertiary/aromatic N) is 5. The van der Waals surface area contributed by atoms with Gasteiger partial charge in [0.05, 0.1) is 11.3 Å². The van der Waals surface area contributed by atoms with Crippen molar-refractivity contribution in [3.63, 3.8) is 0 Å². The summed E-state index contributed by atoms with van der Waals surface area (Å²) in [4.78, 5) is 14.7. The third kappa shape index (κ3) is 2.65. The Morgan fingerprint density at radius 2 is 2.00 bits per heavy atom. The maximum atomic E-state index is 12.8. The van der Waals surface area contributed by atoms with Gasteiger partial charge in [0.15, 0.2) is 0 Å². The Bertz CT molecular complexity index is 650. The number of carbonyl (C=O) groups excluding carboxylic acids is 1. The second-order valence-electron chi connectivity index (χ2n) is 5.06. The Morgan fingerprint density at radius 1 is 1.24 bits per heavy atom. The van der Waals surface area contributed by atoms with E-state index in [0.717, 1.165) is 41.4 Å². The van der Waals surface area contributed by atoms with Gasteiger partial charge in [-0.1, -0.05) is 6.07 Å². The fraction of sp³-hybridized carbons (Fsp3) is 0.429. The minimum atomic E-state index is 0.0592. The summed E-state index contributed by atoms with van der Waals surface area (Å²) in [5, 5.41) is 11.3. The second-order valence-corrected chi connectivity index (χ2v) is 6.29. The molecule has 0 bridgehead atoms. The number of aromatic nitrogens is 4. The highest BCUT2D eigenvalue weighted by molar-refractivity contribution is 7.99. The molecule has 7 heteroatoms. The number of carbonyl (C=O) groups is 1. The minimum absolute atomic E-state index is 0.0592. The summed E-state index contributed by atoms with van der Waals surface area (Å²) in [6.45, 7) is 5.61. The highest BCUT2D eigenvalue weighted by Gasteiger charge is 2.23. The Labute approximate surface area is 127 Å². The number of hydrogen-bond donors (Lipinski definition) is 0. The highest BCUT2D eigenvalue weighted by atomic mass is 32.2. The molecule has 1 amide bonds. The van der Waals surface area contributed by atoms with Crippen molar-refractivity contribution >= 4 is 17.7 Å². The van der Waals surface area contributed by atoms with Gasteiger partial charge in [0.2, 0.25) is 0 Å². The van der Waals surface area contributed by atoms with E-state index in [2.05, 4.69) is 15.5 Å². The van der Waals surface area contributed by atoms with Gasteiger partial charge in [-0.15, -0.1) is 5.10 Å². The van der Waals surface area contributed by atoms with Crippen molar-refractivity contribution in [1.29, 1.82) is 0 Å². The molecule has 21 heavy (non-hydrogen) atoms. The zero-order valence-electron chi connectivity index (χ0n) is 12.1. The molecule has 0 saturated carbocycles. The molecule has 0 aliphatic carbocycles. The molecule has 6 nitrogen and oxygen atoms in total. The Balaban J connectivity index is 2.05. The van der Waals surface area contributed by atoms with Crippen LogP contribution in [0.3, 0.4) is 0 Å². The van der Waals surface area contributed by atoms with Gasteiger partial charge < -0.3 is 4.90 Å². The molecule has 2 heterocycles. The van der Waals surface area contributed by atoms with Crippen LogP contribution >= 0.6 is 11.8 Å². The van der Waals surface area contributed by atoms with E-state index >= 15 is 0 Å². The van der Waals surface area contributed by atoms with Crippen LogP contribution in [0, 0.1) is 13.8 Å². The zero-order valence-corrected chi connectivity index (χ0v) is 12.9. The molecule has 1 aromatic carbocycles. The van der Waals surface area contributed by atoms with Crippen LogP contribution in [0.25, 0.3) is 5.69 Å². The summed E-state index contributed by atoms with van der Waals surface area (Å²) in [6, 6.07) is 3.86. The fourth-order valence-electron chi connectivity index (χ4n) is 2.47. The predicted molar refractivity (Wildman–Crippen MR) is 81.9 cm³/mol. The van der Waals surface area contributed by atoms with Crippen molar-refractivity contribution in [2.45, 2.75) is 13.8 Å². The van der Waals surface area contributed by atoms with Gasteiger partial charge >= 0.3 is 0 Å². The van der Waals surface area contributed by atoms with Gasteiger partial charge in [-0.05, 0) is 41.5 Å². The van der Waals surface area contributed by atoms with Gasteiger partial charge in [0.1, 0.15) is 6.33 Å². The Kier molecular flexibility index (Phi) is 3.92. The molecule has 0 unspecified atom stereocenters. The number of thioether (sulfide) groups is 1. The standard InChI is InChI=1S/C14H17N5OS/c1-10-3-4-12(14(20)18-5-7-21-8-6-18)13(11(10)2)19-9-15-16-17-19/h3-4,9H,5-8H2,1-2H3. The lowest BCUT2D eigenvalue weighted by molar-refractivity contribution is 0.0772. The van der Waals surface area contributed by atoms with Crippen molar-refractivity contribution in [3.8, 4) is 5.69 Å². The summed E-state index contributed by atoms with van der Waals surface area (Å²) in [5.74, 6) is 2.05. The molecular formula is C14H17N5OS. The van der Waals surface area contributed by atoms with Crippen LogP contribution in [0.4, 0.5) is 0 Å². The molecule has 1 saturated heterocycles. The highest BCUT2D eigenvalue weighted by Crippen LogP contribution is 2.24. The average Bonchev–Trinajstić information content (AvgIpc) is 3.04. The number of amides is 1. The van der Waals surface area contributed by atoms with Crippen LogP contribution < -0.4 is 0 Å². The molecular weight excluding hydrogens is 286 g/mol. The zero-order chi connectivity index (χ0) is 14.8. The van der Waals surface area contributed by atoms with Gasteiger partial charge in [0, 0.05) is 24.6 Å². The number of hydrogen-bond acceptors (Lipinski definition) is 5. The molecule has 0 N–H and O–H groups in total. The number of benzene rings is 1. The largest absolute Gasteiger partial charge is 0.337 e. The summed E-state index contributed by atoms with van der Waals surface area (Å²) in [7, 11) is 0. The lowest BCUT2D eigenvalue weighted by atomic mass is 10.0. The van der Waals surface area contributed by atoms with E-state index in [1.54, 1.807) is 4.68 Å². The topological polar surface area (TPSA) is 63.9 Å². The summed E-state index contributed by atoms with van der Waals surface area (Å²) in [6.07, 6.45) is 1.53. The lowest BCUT2D eigenvalue weighted by Crippen LogP contribution is -2.38. The van der Waals surface area contributed by atoms with Gasteiger partial charge in [-0.25, -0.2) is 0 Å². The van der Waals surface area contributed by atoms with E-state index < -0.39 is 0 Å². The van der Waals surface area contributed by atoms with Crippen LogP contribution in [0.5, 0.6) is 0 Å². The van der Waals surface area contributed by atoms with E-state index in [1.807, 2.05) is 42.6 Å². The van der Waals surface area contributed by atoms with E-state index in [4.69, 9.17) is 0 Å². The van der Waals surface area contributed by atoms with Crippen molar-refractivity contribution in [2.75, 3.05) is 24.6 Å². The maximum Gasteiger partial charge on any atom is 0.256 e. The van der Waals surface area contributed by atoms with E-state index in [1.165, 1.54) is 6.33 Å². The third-order valence-electron chi connectivity index (χ3n) is 3.81. The summed E-state index contributed by atoms with van der Waals surface area (Å²) in [5.41, 5.74) is 3.59. The SMILES string of the molecule is Cc1ccc(C(=O)N2CCSCC2)c(-n2cnnn2)c1C. The van der Waals surface area contributed by atoms with E-state index in [-0.39, 0.29) is 5.91 Å². The van der Waals surface area contributed by atoms with Gasteiger partial charge in [-0.2, -0.15) is 16.4 Å². The van der Waals surface area contributed by atoms with E-state index in [0.29, 0.717) is 5.56 Å². The molecule has 1 fully saturated rings. The number of rotatable bonds is 2. The lowest BCUT2D eigenvalue weighted by Gasteiger charge is -2.27. The summed E-state index contributed by atoms with van der Waals surface area (Å²) < 4.78 is 1.58. The van der Waals surface area contributed by atoms with Crippen LogP contribution in [0.15, 0.2) is 18.5 Å². The number of aryl methyl sites for hydroxylation is 1. The third-order valence-corrected chi connectivity index (χ3v) is 4.75. The monoisotopic (exact) mass is 303 g/mol. The van der Waals surface area contributed by atoms with Crippen molar-refractivity contribution in [1.82, 2.24) is 25.1 Å². The van der Waals surface area contributed by atoms with E-state index in [9.17, 15) is 4.79 Å². The van der Waals surface area contributed by atoms with Crippen LogP contribution in [0.2, 0.25) is 0 Å². The molecule has 0 atom stereocenters. The van der Waals surface area contributed by atoms with Gasteiger partial charge in [0.25, 0.3) is 5.91 Å². The minimum Gasteiger partial charge on any atom is -0.337 e. The molecule has 1 aromatic heterocycles. The quantitative estimate of drug-likeness (QED) is 0.840. The summed E-state index contributed by atoms with van der Waals surface area (Å²) >= 11 is 1.89. The molecule has 3 rings (SSSR count). The molecule has 0 spiro atoms. The molecule has 1 aliphatic heterocycles. The smallest absolute Gasteiger partial charge is 0.256 e. The molecule has 1 aliphatic rings. The first kappa shape index (κ1) is 14.1. The fourth-order valence-corrected chi connectivity index (χ4v) is 3.37. The maximum absolute atomic E-state index is 12.8. The first-order valence-electron chi connectivity index (χ1n) is 6.89. The molecule has 110 valence electrons. The van der Waals surface area contributed by atoms with Crippen molar-refractivity contribution < 1.29 is 4.79 Å². The molecule has 2 aromatic rings. The van der Waals surface area contributed by atoms with Crippen LogP contribution in [0.1, 0.15) is 21.5 Å². The van der Waals surface area contributed by atoms with Crippen LogP contribution in [-0.2, 0) is 0 Å². The predicted octanol–water partition coefficient (Wildman–Crippen LogP) is 1.47. The van der Waals surface area contributed by atoms with Crippen molar-refractivity contribution in [2.24, 2.45) is 0 Å². The second kappa shape index (κ2) is 5.85. The normalized spacial score (nSPS) is 15.2. The Hall–Kier alpha value is -1.89. The van der Waals surface area contributed by atoms with Crippen molar-refractivity contribution in [3.05, 3.63) is 35.2 Å². The first-order valence-corrected chi connectivity index (χ1v) is 8.04. The Morgan fingerprint density at radius 3 is 2.67 bits per heavy atom. The molecule has 0 radical (unpaired) electrons. The van der Waals surface area contributed by atoms with Gasteiger partial charge in [-0.3, -0.25) is 4.79 Å². The number of tetrazole rings is 1.